The van der Waals surface area contributed by atoms with Crippen molar-refractivity contribution in [2.45, 2.75) is 13.3 Å². The van der Waals surface area contributed by atoms with Gasteiger partial charge in [0.2, 0.25) is 0 Å². The molecule has 0 radical (unpaired) electrons. The molecule has 0 amide bonds. The number of aromatic nitrogens is 4. The summed E-state index contributed by atoms with van der Waals surface area (Å²) in [7, 11) is 0. The van der Waals surface area contributed by atoms with Crippen molar-refractivity contribution in [1.82, 2.24) is 24.6 Å². The first-order valence-corrected chi connectivity index (χ1v) is 10.9. The van der Waals surface area contributed by atoms with E-state index in [-0.39, 0.29) is 11.6 Å². The van der Waals surface area contributed by atoms with Gasteiger partial charge in [-0.05, 0) is 53.8 Å². The Balaban J connectivity index is 1.32. The van der Waals surface area contributed by atoms with Crippen LogP contribution in [0.4, 0.5) is 10.1 Å². The molecule has 9 heteroatoms. The van der Waals surface area contributed by atoms with Crippen LogP contribution in [0, 0.1) is 16.3 Å². The number of hydrogen-bond acceptors (Lipinski definition) is 6. The molecule has 3 aromatic rings. The topological polar surface area (TPSA) is 67.2 Å². The fraction of sp³-hybridized carbons (Fsp3) is 0.333. The molecular formula is C21H22FIN6O. The number of anilines is 1. The number of rotatable bonds is 6. The minimum Gasteiger partial charge on any atom is -0.369 e. The van der Waals surface area contributed by atoms with E-state index in [4.69, 9.17) is 0 Å². The maximum atomic E-state index is 13.7. The van der Waals surface area contributed by atoms with Gasteiger partial charge in [0.15, 0.2) is 5.78 Å². The van der Waals surface area contributed by atoms with E-state index in [0.717, 1.165) is 41.1 Å². The van der Waals surface area contributed by atoms with Crippen molar-refractivity contribution >= 4 is 34.1 Å². The minimum atomic E-state index is -0.207. The lowest BCUT2D eigenvalue weighted by Crippen LogP contribution is -2.47. The number of carbonyl (C=O) groups excluding carboxylic acids is 1. The Morgan fingerprint density at radius 3 is 2.57 bits per heavy atom. The molecule has 0 spiro atoms. The third kappa shape index (κ3) is 4.67. The highest BCUT2D eigenvalue weighted by molar-refractivity contribution is 14.1. The zero-order chi connectivity index (χ0) is 21.1. The number of halogens is 2. The number of Topliss-reactive ketones (excluding diaryl/α,β-unsaturated/α-hetero) is 1. The van der Waals surface area contributed by atoms with Crippen molar-refractivity contribution in [2.75, 3.05) is 37.6 Å². The largest absolute Gasteiger partial charge is 0.369 e. The summed E-state index contributed by atoms with van der Waals surface area (Å²) in [5.41, 5.74) is 2.27. The highest BCUT2D eigenvalue weighted by Crippen LogP contribution is 2.21. The van der Waals surface area contributed by atoms with Crippen molar-refractivity contribution < 1.29 is 9.18 Å². The van der Waals surface area contributed by atoms with Gasteiger partial charge in [-0.25, -0.2) is 19.0 Å². The molecule has 156 valence electrons. The van der Waals surface area contributed by atoms with Crippen LogP contribution in [0.15, 0.2) is 42.9 Å². The number of hydrogen-bond donors (Lipinski definition) is 0. The smallest absolute Gasteiger partial charge is 0.250 e. The van der Waals surface area contributed by atoms with E-state index < -0.39 is 0 Å². The molecule has 0 bridgehead atoms. The second kappa shape index (κ2) is 9.17. The quantitative estimate of drug-likeness (QED) is 0.368. The molecular weight excluding hydrogens is 498 g/mol. The van der Waals surface area contributed by atoms with Crippen molar-refractivity contribution in [2.24, 2.45) is 0 Å². The molecule has 1 fully saturated rings. The summed E-state index contributed by atoms with van der Waals surface area (Å²) in [5, 5.41) is 4.28. The summed E-state index contributed by atoms with van der Waals surface area (Å²) in [6, 6.07) is 6.85. The molecule has 0 aliphatic carbocycles. The van der Waals surface area contributed by atoms with E-state index in [0.29, 0.717) is 24.5 Å². The lowest BCUT2D eigenvalue weighted by molar-refractivity contribution is 0.0962. The maximum absolute atomic E-state index is 13.7. The van der Waals surface area contributed by atoms with Crippen LogP contribution in [0.25, 0.3) is 5.95 Å². The van der Waals surface area contributed by atoms with Crippen LogP contribution in [-0.2, 0) is 0 Å². The molecule has 1 saturated heterocycles. The van der Waals surface area contributed by atoms with Gasteiger partial charge >= 0.3 is 0 Å². The van der Waals surface area contributed by atoms with Crippen LogP contribution in [0.1, 0.15) is 22.5 Å². The molecule has 0 saturated carbocycles. The van der Waals surface area contributed by atoms with E-state index in [2.05, 4.69) is 47.5 Å². The Hall–Kier alpha value is -2.40. The first-order valence-electron chi connectivity index (χ1n) is 9.80. The van der Waals surface area contributed by atoms with Gasteiger partial charge in [-0.15, -0.1) is 0 Å². The second-order valence-corrected chi connectivity index (χ2v) is 8.48. The third-order valence-corrected chi connectivity index (χ3v) is 5.91. The van der Waals surface area contributed by atoms with Crippen LogP contribution in [0.5, 0.6) is 0 Å². The van der Waals surface area contributed by atoms with Gasteiger partial charge in [0.1, 0.15) is 5.82 Å². The van der Waals surface area contributed by atoms with Crippen molar-refractivity contribution in [3.63, 3.8) is 0 Å². The van der Waals surface area contributed by atoms with Crippen LogP contribution < -0.4 is 4.90 Å². The van der Waals surface area contributed by atoms with Gasteiger partial charge in [0.25, 0.3) is 5.95 Å². The summed E-state index contributed by atoms with van der Waals surface area (Å²) in [5.74, 6) is 0.315. The summed E-state index contributed by atoms with van der Waals surface area (Å²) < 4.78 is 16.2. The molecule has 30 heavy (non-hydrogen) atoms. The molecule has 1 aliphatic rings. The van der Waals surface area contributed by atoms with Crippen molar-refractivity contribution in [3.05, 3.63) is 63.5 Å². The van der Waals surface area contributed by atoms with Gasteiger partial charge in [0.05, 0.1) is 17.5 Å². The van der Waals surface area contributed by atoms with Crippen LogP contribution >= 0.6 is 22.6 Å². The molecule has 2 aromatic heterocycles. The van der Waals surface area contributed by atoms with Gasteiger partial charge < -0.3 is 4.90 Å². The number of nitrogens with zero attached hydrogens (tertiary/aromatic N) is 6. The van der Waals surface area contributed by atoms with Gasteiger partial charge in [0, 0.05) is 60.8 Å². The maximum Gasteiger partial charge on any atom is 0.250 e. The van der Waals surface area contributed by atoms with Crippen LogP contribution in [0.3, 0.4) is 0 Å². The number of carbonyl (C=O) groups is 1. The fourth-order valence-electron chi connectivity index (χ4n) is 3.63. The predicted octanol–water partition coefficient (Wildman–Crippen LogP) is 3.11. The first kappa shape index (κ1) is 20.9. The summed E-state index contributed by atoms with van der Waals surface area (Å²) in [6.45, 7) is 5.87. The molecule has 7 nitrogen and oxygen atoms in total. The van der Waals surface area contributed by atoms with Crippen molar-refractivity contribution in [1.29, 1.82) is 0 Å². The fourth-order valence-corrected chi connectivity index (χ4v) is 4.25. The normalized spacial score (nSPS) is 14.8. The molecule has 0 atom stereocenters. The average Bonchev–Trinajstić information content (AvgIpc) is 3.14. The van der Waals surface area contributed by atoms with E-state index in [1.165, 1.54) is 6.07 Å². The van der Waals surface area contributed by atoms with E-state index in [9.17, 15) is 9.18 Å². The third-order valence-electron chi connectivity index (χ3n) is 5.29. The molecule has 1 aliphatic heterocycles. The van der Waals surface area contributed by atoms with Crippen molar-refractivity contribution in [3.8, 4) is 5.95 Å². The Bertz CT molecular complexity index is 1010. The van der Waals surface area contributed by atoms with Gasteiger partial charge in [-0.2, -0.15) is 5.10 Å². The summed E-state index contributed by atoms with van der Waals surface area (Å²) in [6.07, 6.45) is 5.32. The SMILES string of the molecule is Cc1c(C(=O)CCN2CCN(c3cc(F)cc(I)c3)CC2)cnn1-c1ncccn1. The zero-order valence-corrected chi connectivity index (χ0v) is 18.8. The second-order valence-electron chi connectivity index (χ2n) is 7.23. The average molecular weight is 520 g/mol. The Morgan fingerprint density at radius 1 is 1.13 bits per heavy atom. The molecule has 3 heterocycles. The highest BCUT2D eigenvalue weighted by atomic mass is 127. The monoisotopic (exact) mass is 520 g/mol. The lowest BCUT2D eigenvalue weighted by Gasteiger charge is -2.36. The Kier molecular flexibility index (Phi) is 6.38. The zero-order valence-electron chi connectivity index (χ0n) is 16.6. The van der Waals surface area contributed by atoms with E-state index >= 15 is 0 Å². The summed E-state index contributed by atoms with van der Waals surface area (Å²) in [4.78, 5) is 25.6. The standard InChI is InChI=1S/C21H22FIN6O/c1-15-19(14-26-29(15)21-24-4-2-5-25-21)20(30)3-6-27-7-9-28(10-8-27)18-12-16(22)11-17(23)13-18/h2,4-5,11-14H,3,6-10H2,1H3. The lowest BCUT2D eigenvalue weighted by atomic mass is 10.1. The van der Waals surface area contributed by atoms with Gasteiger partial charge in [-0.1, -0.05) is 0 Å². The number of ketones is 1. The van der Waals surface area contributed by atoms with Gasteiger partial charge in [-0.3, -0.25) is 9.69 Å². The predicted molar refractivity (Wildman–Crippen MR) is 121 cm³/mol. The molecule has 0 unspecified atom stereocenters. The molecule has 0 N–H and O–H groups in total. The number of piperazine rings is 1. The van der Waals surface area contributed by atoms with E-state index in [1.54, 1.807) is 35.4 Å². The first-order chi connectivity index (χ1) is 14.5. The molecule has 4 rings (SSSR count). The Morgan fingerprint density at radius 2 is 1.87 bits per heavy atom. The minimum absolute atomic E-state index is 0.0665. The van der Waals surface area contributed by atoms with Crippen LogP contribution in [-0.4, -0.2) is 63.2 Å². The highest BCUT2D eigenvalue weighted by Gasteiger charge is 2.21. The summed E-state index contributed by atoms with van der Waals surface area (Å²) >= 11 is 2.14. The number of benzene rings is 1. The van der Waals surface area contributed by atoms with Crippen LogP contribution in [0.2, 0.25) is 0 Å². The Labute approximate surface area is 188 Å². The molecule has 1 aromatic carbocycles. The van der Waals surface area contributed by atoms with E-state index in [1.807, 2.05) is 13.0 Å².